The molecule has 2 aliphatic heterocycles. The third kappa shape index (κ3) is 2.64. The van der Waals surface area contributed by atoms with Crippen molar-refractivity contribution in [1.82, 2.24) is 4.90 Å². The van der Waals surface area contributed by atoms with Gasteiger partial charge in [-0.2, -0.15) is 0 Å². The van der Waals surface area contributed by atoms with Crippen LogP contribution in [-0.4, -0.2) is 36.6 Å². The van der Waals surface area contributed by atoms with Crippen molar-refractivity contribution in [2.24, 2.45) is 0 Å². The van der Waals surface area contributed by atoms with Gasteiger partial charge in [0.1, 0.15) is 0 Å². The van der Waals surface area contributed by atoms with Gasteiger partial charge < -0.3 is 4.90 Å². The van der Waals surface area contributed by atoms with Crippen LogP contribution in [0.4, 0.5) is 5.69 Å². The molecule has 2 aliphatic rings. The molecular formula is C15H19Cl3N2. The SMILES string of the molecule is CCC1CN2CCCC2CN1c1cc(Cl)c(Cl)cc1Cl. The molecule has 2 unspecified atom stereocenters. The highest BCUT2D eigenvalue weighted by Gasteiger charge is 2.36. The van der Waals surface area contributed by atoms with Crippen molar-refractivity contribution < 1.29 is 0 Å². The lowest BCUT2D eigenvalue weighted by Crippen LogP contribution is -2.56. The number of hydrogen-bond donors (Lipinski definition) is 0. The molecule has 0 saturated carbocycles. The van der Waals surface area contributed by atoms with Gasteiger partial charge in [-0.3, -0.25) is 4.90 Å². The first-order chi connectivity index (χ1) is 9.60. The van der Waals surface area contributed by atoms with Crippen molar-refractivity contribution in [2.75, 3.05) is 24.5 Å². The van der Waals surface area contributed by atoms with Gasteiger partial charge in [0.2, 0.25) is 0 Å². The van der Waals surface area contributed by atoms with Crippen molar-refractivity contribution in [3.05, 3.63) is 27.2 Å². The molecule has 1 aromatic rings. The molecule has 2 atom stereocenters. The normalized spacial score (nSPS) is 26.9. The predicted molar refractivity (Wildman–Crippen MR) is 87.5 cm³/mol. The number of piperazine rings is 1. The van der Waals surface area contributed by atoms with E-state index >= 15 is 0 Å². The Balaban J connectivity index is 1.92. The second-order valence-corrected chi connectivity index (χ2v) is 6.94. The molecule has 0 radical (unpaired) electrons. The van der Waals surface area contributed by atoms with Gasteiger partial charge in [0.15, 0.2) is 0 Å². The van der Waals surface area contributed by atoms with Gasteiger partial charge in [0.05, 0.1) is 20.8 Å². The zero-order valence-electron chi connectivity index (χ0n) is 11.6. The monoisotopic (exact) mass is 332 g/mol. The van der Waals surface area contributed by atoms with Crippen LogP contribution in [0, 0.1) is 0 Å². The first-order valence-electron chi connectivity index (χ1n) is 7.25. The number of halogens is 3. The Morgan fingerprint density at radius 2 is 1.85 bits per heavy atom. The zero-order chi connectivity index (χ0) is 14.3. The van der Waals surface area contributed by atoms with E-state index in [1.165, 1.54) is 19.4 Å². The first-order valence-corrected chi connectivity index (χ1v) is 8.38. The molecule has 0 spiro atoms. The molecule has 20 heavy (non-hydrogen) atoms. The van der Waals surface area contributed by atoms with Gasteiger partial charge >= 0.3 is 0 Å². The molecule has 0 aromatic heterocycles. The second kappa shape index (κ2) is 5.92. The number of rotatable bonds is 2. The summed E-state index contributed by atoms with van der Waals surface area (Å²) in [5.41, 5.74) is 1.03. The van der Waals surface area contributed by atoms with Crippen molar-refractivity contribution in [3.8, 4) is 0 Å². The maximum atomic E-state index is 6.40. The fourth-order valence-corrected chi connectivity index (χ4v) is 4.11. The Kier molecular flexibility index (Phi) is 4.37. The van der Waals surface area contributed by atoms with E-state index in [9.17, 15) is 0 Å². The van der Waals surface area contributed by atoms with Gasteiger partial charge in [-0.15, -0.1) is 0 Å². The fourth-order valence-electron chi connectivity index (χ4n) is 3.46. The summed E-state index contributed by atoms with van der Waals surface area (Å²) >= 11 is 18.6. The summed E-state index contributed by atoms with van der Waals surface area (Å²) in [5, 5.41) is 1.80. The van der Waals surface area contributed by atoms with E-state index in [-0.39, 0.29) is 0 Å². The summed E-state index contributed by atoms with van der Waals surface area (Å²) in [5.74, 6) is 0. The molecule has 0 N–H and O–H groups in total. The van der Waals surface area contributed by atoms with Crippen LogP contribution in [0.3, 0.4) is 0 Å². The Labute approximate surface area is 135 Å². The molecule has 0 bridgehead atoms. The predicted octanol–water partition coefficient (Wildman–Crippen LogP) is 4.71. The molecule has 110 valence electrons. The van der Waals surface area contributed by atoms with Crippen molar-refractivity contribution in [3.63, 3.8) is 0 Å². The molecule has 5 heteroatoms. The summed E-state index contributed by atoms with van der Waals surface area (Å²) in [6.45, 7) is 5.64. The smallest absolute Gasteiger partial charge is 0.0655 e. The molecule has 2 saturated heterocycles. The Bertz CT molecular complexity index is 506. The minimum absolute atomic E-state index is 0.499. The van der Waals surface area contributed by atoms with Gasteiger partial charge in [-0.25, -0.2) is 0 Å². The van der Waals surface area contributed by atoms with Gasteiger partial charge in [-0.05, 0) is 37.9 Å². The number of fused-ring (bicyclic) bond motifs is 1. The van der Waals surface area contributed by atoms with Crippen molar-refractivity contribution in [1.29, 1.82) is 0 Å². The van der Waals surface area contributed by atoms with Crippen LogP contribution in [0.1, 0.15) is 26.2 Å². The van der Waals surface area contributed by atoms with Crippen LogP contribution in [0.2, 0.25) is 15.1 Å². The molecule has 2 nitrogen and oxygen atoms in total. The van der Waals surface area contributed by atoms with E-state index in [4.69, 9.17) is 34.8 Å². The van der Waals surface area contributed by atoms with E-state index in [0.29, 0.717) is 27.2 Å². The number of hydrogen-bond acceptors (Lipinski definition) is 2. The van der Waals surface area contributed by atoms with Gasteiger partial charge in [0.25, 0.3) is 0 Å². The average Bonchev–Trinajstić information content (AvgIpc) is 2.88. The second-order valence-electron chi connectivity index (χ2n) is 5.72. The Hall–Kier alpha value is -0.150. The molecule has 0 aliphatic carbocycles. The van der Waals surface area contributed by atoms with Crippen LogP contribution in [0.15, 0.2) is 12.1 Å². The largest absolute Gasteiger partial charge is 0.364 e. The minimum atomic E-state index is 0.499. The highest BCUT2D eigenvalue weighted by atomic mass is 35.5. The maximum absolute atomic E-state index is 6.40. The van der Waals surface area contributed by atoms with Crippen LogP contribution >= 0.6 is 34.8 Å². The van der Waals surface area contributed by atoms with E-state index in [1.54, 1.807) is 6.07 Å². The van der Waals surface area contributed by atoms with Crippen molar-refractivity contribution in [2.45, 2.75) is 38.3 Å². The molecular weight excluding hydrogens is 315 g/mol. The Morgan fingerprint density at radius 3 is 2.60 bits per heavy atom. The van der Waals surface area contributed by atoms with E-state index in [0.717, 1.165) is 25.2 Å². The van der Waals surface area contributed by atoms with E-state index in [1.807, 2.05) is 6.07 Å². The van der Waals surface area contributed by atoms with Crippen LogP contribution < -0.4 is 4.90 Å². The van der Waals surface area contributed by atoms with E-state index in [2.05, 4.69) is 16.7 Å². The molecule has 2 heterocycles. The van der Waals surface area contributed by atoms with Crippen LogP contribution in [0.25, 0.3) is 0 Å². The van der Waals surface area contributed by atoms with Crippen molar-refractivity contribution >= 4 is 40.5 Å². The van der Waals surface area contributed by atoms with E-state index < -0.39 is 0 Å². The number of benzene rings is 1. The number of anilines is 1. The highest BCUT2D eigenvalue weighted by Crippen LogP contribution is 2.38. The lowest BCUT2D eigenvalue weighted by Gasteiger charge is -2.45. The molecule has 1 aromatic carbocycles. The summed E-state index contributed by atoms with van der Waals surface area (Å²) < 4.78 is 0. The summed E-state index contributed by atoms with van der Waals surface area (Å²) in [4.78, 5) is 5.05. The fraction of sp³-hybridized carbons (Fsp3) is 0.600. The average molecular weight is 334 g/mol. The number of nitrogens with zero attached hydrogens (tertiary/aromatic N) is 2. The summed E-state index contributed by atoms with van der Waals surface area (Å²) in [6, 6.07) is 4.83. The quantitative estimate of drug-likeness (QED) is 0.723. The third-order valence-electron chi connectivity index (χ3n) is 4.56. The molecule has 3 rings (SSSR count). The highest BCUT2D eigenvalue weighted by molar-refractivity contribution is 6.44. The maximum Gasteiger partial charge on any atom is 0.0655 e. The van der Waals surface area contributed by atoms with Gasteiger partial charge in [-0.1, -0.05) is 41.7 Å². The lowest BCUT2D eigenvalue weighted by atomic mass is 10.0. The summed E-state index contributed by atoms with van der Waals surface area (Å²) in [6.07, 6.45) is 3.70. The van der Waals surface area contributed by atoms with Crippen LogP contribution in [-0.2, 0) is 0 Å². The third-order valence-corrected chi connectivity index (χ3v) is 5.59. The zero-order valence-corrected chi connectivity index (χ0v) is 13.8. The standard InChI is InChI=1S/C15H19Cl3N2/c1-2-10-8-19-5-3-4-11(19)9-20(10)15-7-13(17)12(16)6-14(15)18/h6-7,10-11H,2-5,8-9H2,1H3. The summed E-state index contributed by atoms with van der Waals surface area (Å²) in [7, 11) is 0. The minimum Gasteiger partial charge on any atom is -0.364 e. The lowest BCUT2D eigenvalue weighted by molar-refractivity contribution is 0.195. The molecule has 0 amide bonds. The molecule has 2 fully saturated rings. The van der Waals surface area contributed by atoms with Gasteiger partial charge in [0, 0.05) is 25.2 Å². The topological polar surface area (TPSA) is 6.48 Å². The Morgan fingerprint density at radius 1 is 1.10 bits per heavy atom. The van der Waals surface area contributed by atoms with Crippen LogP contribution in [0.5, 0.6) is 0 Å². The first kappa shape index (κ1) is 14.8.